The number of aliphatic hydroxyl groups is 1. The summed E-state index contributed by atoms with van der Waals surface area (Å²) in [5, 5.41) is 13.8. The van der Waals surface area contributed by atoms with E-state index in [1.165, 1.54) is 0 Å². The minimum absolute atomic E-state index is 0.212. The second-order valence-electron chi connectivity index (χ2n) is 6.01. The van der Waals surface area contributed by atoms with E-state index in [4.69, 9.17) is 0 Å². The lowest BCUT2D eigenvalue weighted by Crippen LogP contribution is -2.57. The van der Waals surface area contributed by atoms with Gasteiger partial charge in [0.15, 0.2) is 0 Å². The first kappa shape index (κ1) is 14.5. The third kappa shape index (κ3) is 2.65. The van der Waals surface area contributed by atoms with E-state index in [9.17, 15) is 9.90 Å². The van der Waals surface area contributed by atoms with Crippen molar-refractivity contribution in [3.63, 3.8) is 0 Å². The highest BCUT2D eigenvalue weighted by atomic mass is 16.3. The third-order valence-corrected chi connectivity index (χ3v) is 3.85. The Morgan fingerprint density at radius 3 is 2.50 bits per heavy atom. The van der Waals surface area contributed by atoms with Gasteiger partial charge < -0.3 is 10.4 Å². The van der Waals surface area contributed by atoms with Gasteiger partial charge in [-0.15, -0.1) is 0 Å². The lowest BCUT2D eigenvalue weighted by Gasteiger charge is -2.38. The molecule has 0 aliphatic heterocycles. The Labute approximate surface area is 118 Å². The van der Waals surface area contributed by atoms with Gasteiger partial charge in [-0.1, -0.05) is 12.1 Å². The molecule has 0 aliphatic carbocycles. The van der Waals surface area contributed by atoms with Crippen LogP contribution in [0.1, 0.15) is 38.1 Å². The highest BCUT2D eigenvalue weighted by molar-refractivity contribution is 6.06. The number of benzene rings is 1. The van der Waals surface area contributed by atoms with Gasteiger partial charge in [-0.05, 0) is 45.9 Å². The molecule has 0 spiro atoms. The van der Waals surface area contributed by atoms with Crippen LogP contribution in [0.2, 0.25) is 0 Å². The molecule has 1 aromatic heterocycles. The van der Waals surface area contributed by atoms with Crippen molar-refractivity contribution < 1.29 is 9.90 Å². The summed E-state index contributed by atoms with van der Waals surface area (Å²) >= 11 is 0. The van der Waals surface area contributed by atoms with E-state index in [1.807, 2.05) is 12.1 Å². The molecular weight excluding hydrogens is 252 g/mol. The van der Waals surface area contributed by atoms with Crippen molar-refractivity contribution in [3.8, 4) is 0 Å². The predicted molar refractivity (Wildman–Crippen MR) is 79.6 cm³/mol. The number of nitrogens with one attached hydrogen (secondary N) is 1. The zero-order chi connectivity index (χ0) is 15.0. The SMILES string of the molecule is CC(C)(O)C(C)(C)NC(=O)c1cccc2ncccc12. The average Bonchev–Trinajstić information content (AvgIpc) is 2.36. The molecule has 2 rings (SSSR count). The fraction of sp³-hybridized carbons (Fsp3) is 0.375. The number of amides is 1. The van der Waals surface area contributed by atoms with E-state index in [0.717, 1.165) is 10.9 Å². The summed E-state index contributed by atoms with van der Waals surface area (Å²) in [6, 6.07) is 9.11. The molecule has 4 nitrogen and oxygen atoms in total. The summed E-state index contributed by atoms with van der Waals surface area (Å²) in [5.41, 5.74) is -0.422. The quantitative estimate of drug-likeness (QED) is 0.902. The molecule has 1 amide bonds. The Morgan fingerprint density at radius 2 is 1.85 bits per heavy atom. The van der Waals surface area contributed by atoms with Crippen molar-refractivity contribution in [3.05, 3.63) is 42.1 Å². The molecule has 0 aliphatic rings. The minimum atomic E-state index is -1.02. The second kappa shape index (κ2) is 4.87. The van der Waals surface area contributed by atoms with Gasteiger partial charge in [-0.2, -0.15) is 0 Å². The standard InChI is InChI=1S/C16H20N2O2/c1-15(2,16(3,4)20)18-14(19)12-7-5-9-13-11(12)8-6-10-17-13/h5-10,20H,1-4H3,(H,18,19). The van der Waals surface area contributed by atoms with E-state index in [1.54, 1.807) is 52.1 Å². The number of nitrogens with zero attached hydrogens (tertiary/aromatic N) is 1. The van der Waals surface area contributed by atoms with Gasteiger partial charge in [0.05, 0.1) is 16.7 Å². The maximum absolute atomic E-state index is 12.5. The lowest BCUT2D eigenvalue weighted by molar-refractivity contribution is -0.00289. The van der Waals surface area contributed by atoms with Crippen LogP contribution >= 0.6 is 0 Å². The third-order valence-electron chi connectivity index (χ3n) is 3.85. The number of hydrogen-bond donors (Lipinski definition) is 2. The van der Waals surface area contributed by atoms with Crippen molar-refractivity contribution in [2.75, 3.05) is 0 Å². The van der Waals surface area contributed by atoms with Gasteiger partial charge in [0.2, 0.25) is 0 Å². The Hall–Kier alpha value is -1.94. The average molecular weight is 272 g/mol. The number of fused-ring (bicyclic) bond motifs is 1. The summed E-state index contributed by atoms with van der Waals surface area (Å²) < 4.78 is 0. The molecule has 0 saturated carbocycles. The summed E-state index contributed by atoms with van der Waals surface area (Å²) in [7, 11) is 0. The van der Waals surface area contributed by atoms with Crippen LogP contribution < -0.4 is 5.32 Å². The van der Waals surface area contributed by atoms with Crippen LogP contribution in [0.4, 0.5) is 0 Å². The highest BCUT2D eigenvalue weighted by Gasteiger charge is 2.36. The summed E-state index contributed by atoms with van der Waals surface area (Å²) in [4.78, 5) is 16.7. The van der Waals surface area contributed by atoms with Crippen molar-refractivity contribution in [2.24, 2.45) is 0 Å². The second-order valence-corrected chi connectivity index (χ2v) is 6.01. The lowest BCUT2D eigenvalue weighted by atomic mass is 9.85. The molecule has 0 radical (unpaired) electrons. The van der Waals surface area contributed by atoms with E-state index in [-0.39, 0.29) is 5.91 Å². The molecule has 1 heterocycles. The first-order valence-corrected chi connectivity index (χ1v) is 6.61. The van der Waals surface area contributed by atoms with Crippen LogP contribution in [-0.4, -0.2) is 27.1 Å². The van der Waals surface area contributed by atoms with E-state index < -0.39 is 11.1 Å². The Balaban J connectivity index is 2.38. The van der Waals surface area contributed by atoms with Crippen molar-refractivity contribution in [1.82, 2.24) is 10.3 Å². The van der Waals surface area contributed by atoms with E-state index in [2.05, 4.69) is 10.3 Å². The van der Waals surface area contributed by atoms with Crippen LogP contribution in [0.15, 0.2) is 36.5 Å². The Morgan fingerprint density at radius 1 is 1.15 bits per heavy atom. The summed E-state index contributed by atoms with van der Waals surface area (Å²) in [6.07, 6.45) is 1.70. The molecule has 0 unspecified atom stereocenters. The molecular formula is C16H20N2O2. The highest BCUT2D eigenvalue weighted by Crippen LogP contribution is 2.22. The predicted octanol–water partition coefficient (Wildman–Crippen LogP) is 2.51. The van der Waals surface area contributed by atoms with Crippen molar-refractivity contribution in [1.29, 1.82) is 0 Å². The zero-order valence-electron chi connectivity index (χ0n) is 12.3. The smallest absolute Gasteiger partial charge is 0.252 e. The van der Waals surface area contributed by atoms with E-state index in [0.29, 0.717) is 5.56 Å². The number of carbonyl (C=O) groups excluding carboxylic acids is 1. The largest absolute Gasteiger partial charge is 0.388 e. The zero-order valence-corrected chi connectivity index (χ0v) is 12.3. The number of pyridine rings is 1. The van der Waals surface area contributed by atoms with Crippen LogP contribution in [-0.2, 0) is 0 Å². The topological polar surface area (TPSA) is 62.2 Å². The molecule has 0 atom stereocenters. The van der Waals surface area contributed by atoms with Gasteiger partial charge in [0, 0.05) is 17.1 Å². The van der Waals surface area contributed by atoms with Gasteiger partial charge in [-0.25, -0.2) is 0 Å². The van der Waals surface area contributed by atoms with Crippen LogP contribution in [0, 0.1) is 0 Å². The monoisotopic (exact) mass is 272 g/mol. The van der Waals surface area contributed by atoms with Gasteiger partial charge in [0.1, 0.15) is 0 Å². The summed E-state index contributed by atoms with van der Waals surface area (Å²) in [6.45, 7) is 6.96. The van der Waals surface area contributed by atoms with Gasteiger partial charge in [0.25, 0.3) is 5.91 Å². The molecule has 0 fully saturated rings. The normalized spacial score (nSPS) is 12.4. The fourth-order valence-corrected chi connectivity index (χ4v) is 1.81. The fourth-order valence-electron chi connectivity index (χ4n) is 1.81. The number of carbonyl (C=O) groups is 1. The van der Waals surface area contributed by atoms with E-state index >= 15 is 0 Å². The Kier molecular flexibility index (Phi) is 3.52. The number of hydrogen-bond acceptors (Lipinski definition) is 3. The molecule has 20 heavy (non-hydrogen) atoms. The molecule has 0 bridgehead atoms. The number of aromatic nitrogens is 1. The molecule has 4 heteroatoms. The Bertz CT molecular complexity index is 637. The molecule has 2 N–H and O–H groups in total. The molecule has 0 saturated heterocycles. The van der Waals surface area contributed by atoms with Crippen molar-refractivity contribution >= 4 is 16.8 Å². The minimum Gasteiger partial charge on any atom is -0.388 e. The summed E-state index contributed by atoms with van der Waals surface area (Å²) in [5.74, 6) is -0.212. The first-order valence-electron chi connectivity index (χ1n) is 6.61. The van der Waals surface area contributed by atoms with Gasteiger partial charge >= 0.3 is 0 Å². The number of rotatable bonds is 3. The van der Waals surface area contributed by atoms with Crippen LogP contribution in [0.5, 0.6) is 0 Å². The maximum Gasteiger partial charge on any atom is 0.252 e. The van der Waals surface area contributed by atoms with Crippen LogP contribution in [0.3, 0.4) is 0 Å². The van der Waals surface area contributed by atoms with Crippen molar-refractivity contribution in [2.45, 2.75) is 38.8 Å². The van der Waals surface area contributed by atoms with Gasteiger partial charge in [-0.3, -0.25) is 9.78 Å². The molecule has 1 aromatic carbocycles. The first-order chi connectivity index (χ1) is 9.22. The molecule has 106 valence electrons. The maximum atomic E-state index is 12.5. The molecule has 2 aromatic rings. The van der Waals surface area contributed by atoms with Crippen LogP contribution in [0.25, 0.3) is 10.9 Å².